The largest absolute Gasteiger partial charge is 0.382 e. The number of nitrogens with one attached hydrogen (secondary N) is 2. The molecule has 94 valence electrons. The van der Waals surface area contributed by atoms with E-state index in [1.165, 1.54) is 36.9 Å². The van der Waals surface area contributed by atoms with Crippen LogP contribution in [0.4, 0.5) is 5.69 Å². The minimum absolute atomic E-state index is 0.543. The predicted molar refractivity (Wildman–Crippen MR) is 74.3 cm³/mol. The Labute approximate surface area is 105 Å². The molecule has 1 aromatic rings. The van der Waals surface area contributed by atoms with Crippen LogP contribution in [-0.2, 0) is 6.54 Å². The number of anilines is 1. The molecule has 1 aliphatic rings. The van der Waals surface area contributed by atoms with E-state index in [-0.39, 0.29) is 0 Å². The van der Waals surface area contributed by atoms with Crippen LogP contribution in [0.15, 0.2) is 24.3 Å². The molecule has 1 aromatic carbocycles. The van der Waals surface area contributed by atoms with Crippen molar-refractivity contribution in [3.8, 4) is 0 Å². The summed E-state index contributed by atoms with van der Waals surface area (Å²) in [6.45, 7) is 5.32. The van der Waals surface area contributed by atoms with Gasteiger partial charge >= 0.3 is 0 Å². The maximum atomic E-state index is 3.64. The third-order valence-corrected chi connectivity index (χ3v) is 3.37. The number of benzene rings is 1. The quantitative estimate of drug-likeness (QED) is 0.811. The number of rotatable bonds is 5. The highest BCUT2D eigenvalue weighted by Crippen LogP contribution is 2.22. The van der Waals surface area contributed by atoms with Crippen LogP contribution >= 0.6 is 0 Å². The topological polar surface area (TPSA) is 24.1 Å². The molecule has 1 aliphatic carbocycles. The van der Waals surface area contributed by atoms with Crippen LogP contribution in [0.25, 0.3) is 0 Å². The lowest BCUT2D eigenvalue weighted by Crippen LogP contribution is -2.22. The van der Waals surface area contributed by atoms with Gasteiger partial charge in [0.2, 0.25) is 0 Å². The van der Waals surface area contributed by atoms with Gasteiger partial charge in [-0.1, -0.05) is 38.8 Å². The van der Waals surface area contributed by atoms with E-state index in [1.54, 1.807) is 0 Å². The molecule has 0 spiro atoms. The molecule has 0 bridgehead atoms. The first kappa shape index (κ1) is 12.4. The monoisotopic (exact) mass is 232 g/mol. The van der Waals surface area contributed by atoms with Gasteiger partial charge < -0.3 is 10.6 Å². The minimum Gasteiger partial charge on any atom is -0.382 e. The lowest BCUT2D eigenvalue weighted by Gasteiger charge is -2.15. The summed E-state index contributed by atoms with van der Waals surface area (Å²) in [4.78, 5) is 0. The van der Waals surface area contributed by atoms with Gasteiger partial charge in [-0.3, -0.25) is 0 Å². The standard InChI is InChI=1S/C15H24N2/c1-12(2)16-11-13-6-5-9-15(10-13)17-14-7-3-4-8-14/h5-6,9-10,12,14,16-17H,3-4,7-8,11H2,1-2H3. The second-order valence-electron chi connectivity index (χ2n) is 5.36. The van der Waals surface area contributed by atoms with Crippen LogP contribution in [0, 0.1) is 0 Å². The summed E-state index contributed by atoms with van der Waals surface area (Å²) in [5.41, 5.74) is 2.64. The first-order valence-corrected chi connectivity index (χ1v) is 6.83. The summed E-state index contributed by atoms with van der Waals surface area (Å²) >= 11 is 0. The van der Waals surface area contributed by atoms with E-state index in [9.17, 15) is 0 Å². The molecule has 2 heteroatoms. The van der Waals surface area contributed by atoms with Gasteiger partial charge in [0.1, 0.15) is 0 Å². The second kappa shape index (κ2) is 6.06. The van der Waals surface area contributed by atoms with E-state index in [4.69, 9.17) is 0 Å². The fourth-order valence-corrected chi connectivity index (χ4v) is 2.40. The maximum Gasteiger partial charge on any atom is 0.0345 e. The van der Waals surface area contributed by atoms with Gasteiger partial charge in [-0.25, -0.2) is 0 Å². The SMILES string of the molecule is CC(C)NCc1cccc(NC2CCCC2)c1. The van der Waals surface area contributed by atoms with Crippen LogP contribution in [0.3, 0.4) is 0 Å². The lowest BCUT2D eigenvalue weighted by atomic mass is 10.1. The molecule has 0 heterocycles. The summed E-state index contributed by atoms with van der Waals surface area (Å²) in [6.07, 6.45) is 5.42. The highest BCUT2D eigenvalue weighted by Gasteiger charge is 2.14. The molecule has 17 heavy (non-hydrogen) atoms. The van der Waals surface area contributed by atoms with Crippen molar-refractivity contribution in [3.05, 3.63) is 29.8 Å². The zero-order valence-corrected chi connectivity index (χ0v) is 11.0. The summed E-state index contributed by atoms with van der Waals surface area (Å²) in [6, 6.07) is 10.0. The Bertz CT molecular complexity index is 341. The molecule has 0 atom stereocenters. The molecule has 1 fully saturated rings. The van der Waals surface area contributed by atoms with Gasteiger partial charge in [-0.05, 0) is 30.5 Å². The van der Waals surface area contributed by atoms with Crippen LogP contribution < -0.4 is 10.6 Å². The molecule has 0 aromatic heterocycles. The molecule has 1 saturated carbocycles. The summed E-state index contributed by atoms with van der Waals surface area (Å²) in [5, 5.41) is 7.10. The van der Waals surface area contributed by atoms with Crippen molar-refractivity contribution in [2.75, 3.05) is 5.32 Å². The minimum atomic E-state index is 0.543. The predicted octanol–water partition coefficient (Wildman–Crippen LogP) is 3.54. The Hall–Kier alpha value is -1.02. The van der Waals surface area contributed by atoms with Gasteiger partial charge in [0.15, 0.2) is 0 Å². The number of hydrogen-bond donors (Lipinski definition) is 2. The summed E-state index contributed by atoms with van der Waals surface area (Å²) in [5.74, 6) is 0. The fraction of sp³-hybridized carbons (Fsp3) is 0.600. The second-order valence-corrected chi connectivity index (χ2v) is 5.36. The Morgan fingerprint density at radius 2 is 2.00 bits per heavy atom. The summed E-state index contributed by atoms with van der Waals surface area (Å²) < 4.78 is 0. The molecular formula is C15H24N2. The Morgan fingerprint density at radius 1 is 1.24 bits per heavy atom. The van der Waals surface area contributed by atoms with Crippen molar-refractivity contribution < 1.29 is 0 Å². The van der Waals surface area contributed by atoms with Gasteiger partial charge in [-0.2, -0.15) is 0 Å². The fourth-order valence-electron chi connectivity index (χ4n) is 2.40. The van der Waals surface area contributed by atoms with E-state index in [1.807, 2.05) is 0 Å². The van der Waals surface area contributed by atoms with Crippen molar-refractivity contribution in [2.24, 2.45) is 0 Å². The van der Waals surface area contributed by atoms with E-state index in [0.717, 1.165) is 6.54 Å². The van der Waals surface area contributed by atoms with E-state index in [2.05, 4.69) is 48.7 Å². The van der Waals surface area contributed by atoms with Crippen molar-refractivity contribution in [3.63, 3.8) is 0 Å². The van der Waals surface area contributed by atoms with Crippen LogP contribution in [0.1, 0.15) is 45.1 Å². The average molecular weight is 232 g/mol. The Kier molecular flexibility index (Phi) is 4.43. The number of hydrogen-bond acceptors (Lipinski definition) is 2. The first-order chi connectivity index (χ1) is 8.24. The van der Waals surface area contributed by atoms with Gasteiger partial charge in [0.25, 0.3) is 0 Å². The lowest BCUT2D eigenvalue weighted by molar-refractivity contribution is 0.589. The Morgan fingerprint density at radius 3 is 2.71 bits per heavy atom. The molecule has 0 unspecified atom stereocenters. The maximum absolute atomic E-state index is 3.64. The van der Waals surface area contributed by atoms with Crippen molar-refractivity contribution in [1.29, 1.82) is 0 Å². The third-order valence-electron chi connectivity index (χ3n) is 3.37. The zero-order chi connectivity index (χ0) is 12.1. The molecule has 2 rings (SSSR count). The molecule has 0 radical (unpaired) electrons. The summed E-state index contributed by atoms with van der Waals surface area (Å²) in [7, 11) is 0. The molecular weight excluding hydrogens is 208 g/mol. The van der Waals surface area contributed by atoms with Crippen molar-refractivity contribution in [2.45, 2.75) is 58.2 Å². The van der Waals surface area contributed by atoms with Crippen LogP contribution in [0.2, 0.25) is 0 Å². The normalized spacial score (nSPS) is 16.6. The Balaban J connectivity index is 1.91. The van der Waals surface area contributed by atoms with Gasteiger partial charge in [0, 0.05) is 24.3 Å². The zero-order valence-electron chi connectivity index (χ0n) is 11.0. The van der Waals surface area contributed by atoms with Gasteiger partial charge in [-0.15, -0.1) is 0 Å². The first-order valence-electron chi connectivity index (χ1n) is 6.83. The van der Waals surface area contributed by atoms with E-state index >= 15 is 0 Å². The average Bonchev–Trinajstić information content (AvgIpc) is 2.80. The molecule has 2 nitrogen and oxygen atoms in total. The van der Waals surface area contributed by atoms with Gasteiger partial charge in [0.05, 0.1) is 0 Å². The van der Waals surface area contributed by atoms with Crippen molar-refractivity contribution in [1.82, 2.24) is 5.32 Å². The highest BCUT2D eigenvalue weighted by atomic mass is 14.9. The molecule has 0 amide bonds. The molecule has 0 aliphatic heterocycles. The van der Waals surface area contributed by atoms with E-state index in [0.29, 0.717) is 12.1 Å². The molecule has 2 N–H and O–H groups in total. The van der Waals surface area contributed by atoms with E-state index < -0.39 is 0 Å². The van der Waals surface area contributed by atoms with Crippen molar-refractivity contribution >= 4 is 5.69 Å². The smallest absolute Gasteiger partial charge is 0.0345 e. The van der Waals surface area contributed by atoms with Crippen LogP contribution in [-0.4, -0.2) is 12.1 Å². The molecule has 0 saturated heterocycles. The highest BCUT2D eigenvalue weighted by molar-refractivity contribution is 5.46. The third kappa shape index (κ3) is 4.04. The van der Waals surface area contributed by atoms with Crippen LogP contribution in [0.5, 0.6) is 0 Å².